The van der Waals surface area contributed by atoms with Crippen molar-refractivity contribution in [2.24, 2.45) is 0 Å². The molecule has 1 aromatic rings. The van der Waals surface area contributed by atoms with Crippen LogP contribution in [-0.4, -0.2) is 29.0 Å². The second-order valence-corrected chi connectivity index (χ2v) is 6.34. The maximum atomic E-state index is 9.60. The quantitative estimate of drug-likeness (QED) is 0.841. The summed E-state index contributed by atoms with van der Waals surface area (Å²) in [7, 11) is 0. The summed E-state index contributed by atoms with van der Waals surface area (Å²) in [5, 5.41) is 13.5. The molecule has 0 spiro atoms. The van der Waals surface area contributed by atoms with Gasteiger partial charge < -0.3 is 10.4 Å². The summed E-state index contributed by atoms with van der Waals surface area (Å²) in [5.41, 5.74) is 0.846. The normalized spacial score (nSPS) is 19.8. The predicted octanol–water partition coefficient (Wildman–Crippen LogP) is 2.06. The lowest BCUT2D eigenvalue weighted by Gasteiger charge is -2.19. The average molecular weight is 237 g/mol. The first-order valence-corrected chi connectivity index (χ1v) is 6.60. The van der Waals surface area contributed by atoms with Gasteiger partial charge in [0, 0.05) is 23.2 Å². The van der Waals surface area contributed by atoms with Gasteiger partial charge >= 0.3 is 0 Å². The molecule has 2 rings (SSSR count). The van der Waals surface area contributed by atoms with Gasteiger partial charge in [0.25, 0.3) is 0 Å². The first-order valence-electron chi connectivity index (χ1n) is 5.72. The minimum Gasteiger partial charge on any atom is -0.389 e. The van der Waals surface area contributed by atoms with Gasteiger partial charge in [-0.1, -0.05) is 18.2 Å². The number of rotatable bonds is 4. The van der Waals surface area contributed by atoms with E-state index in [0.29, 0.717) is 11.8 Å². The van der Waals surface area contributed by atoms with Crippen molar-refractivity contribution in [1.29, 1.82) is 0 Å². The van der Waals surface area contributed by atoms with Crippen molar-refractivity contribution in [3.8, 4) is 0 Å². The van der Waals surface area contributed by atoms with Crippen LogP contribution in [0.25, 0.3) is 0 Å². The first kappa shape index (κ1) is 12.0. The minimum absolute atomic E-state index is 0.611. The fraction of sp³-hybridized carbons (Fsp3) is 0.538. The Morgan fingerprint density at radius 2 is 2.19 bits per heavy atom. The van der Waals surface area contributed by atoms with Gasteiger partial charge in [0.05, 0.1) is 5.60 Å². The van der Waals surface area contributed by atoms with Crippen LogP contribution in [-0.2, 0) is 6.42 Å². The van der Waals surface area contributed by atoms with Crippen molar-refractivity contribution in [3.05, 3.63) is 29.8 Å². The molecule has 0 fully saturated rings. The summed E-state index contributed by atoms with van der Waals surface area (Å²) < 4.78 is 0. The molecule has 0 radical (unpaired) electrons. The smallest absolute Gasteiger partial charge is 0.0715 e. The minimum atomic E-state index is -0.615. The Kier molecular flexibility index (Phi) is 3.57. The van der Waals surface area contributed by atoms with Crippen molar-refractivity contribution in [3.63, 3.8) is 0 Å². The summed E-state index contributed by atoms with van der Waals surface area (Å²) >= 11 is 1.94. The fourth-order valence-electron chi connectivity index (χ4n) is 1.91. The molecular formula is C13H19NOS. The second-order valence-electron chi connectivity index (χ2n) is 5.00. The van der Waals surface area contributed by atoms with Gasteiger partial charge in [-0.15, -0.1) is 11.8 Å². The highest BCUT2D eigenvalue weighted by Crippen LogP contribution is 2.36. The molecule has 0 aromatic heterocycles. The van der Waals surface area contributed by atoms with Crippen LogP contribution in [0.5, 0.6) is 0 Å². The lowest BCUT2D eigenvalue weighted by atomic mass is 10.1. The molecule has 1 heterocycles. The Hall–Kier alpha value is -0.510. The van der Waals surface area contributed by atoms with E-state index in [1.165, 1.54) is 10.5 Å². The van der Waals surface area contributed by atoms with Gasteiger partial charge in [-0.05, 0) is 31.9 Å². The van der Waals surface area contributed by atoms with Crippen molar-refractivity contribution in [2.75, 3.05) is 13.1 Å². The van der Waals surface area contributed by atoms with E-state index < -0.39 is 5.60 Å². The van der Waals surface area contributed by atoms with Crippen LogP contribution in [0.1, 0.15) is 19.4 Å². The highest BCUT2D eigenvalue weighted by atomic mass is 32.2. The molecule has 3 heteroatoms. The largest absolute Gasteiger partial charge is 0.389 e. The molecule has 1 aliphatic rings. The zero-order valence-electron chi connectivity index (χ0n) is 9.86. The number of aliphatic hydroxyl groups is 1. The van der Waals surface area contributed by atoms with Crippen LogP contribution in [0.2, 0.25) is 0 Å². The highest BCUT2D eigenvalue weighted by molar-refractivity contribution is 8.00. The predicted molar refractivity (Wildman–Crippen MR) is 69.0 cm³/mol. The first-order chi connectivity index (χ1) is 7.54. The van der Waals surface area contributed by atoms with Gasteiger partial charge in [0.15, 0.2) is 0 Å². The van der Waals surface area contributed by atoms with E-state index in [1.54, 1.807) is 0 Å². The topological polar surface area (TPSA) is 32.3 Å². The SMILES string of the molecule is CC(C)(O)CNCC1Cc2ccccc2S1. The molecule has 1 unspecified atom stereocenters. The lowest BCUT2D eigenvalue weighted by Crippen LogP contribution is -2.37. The van der Waals surface area contributed by atoms with E-state index in [0.717, 1.165) is 13.0 Å². The van der Waals surface area contributed by atoms with E-state index in [2.05, 4.69) is 29.6 Å². The number of fused-ring (bicyclic) bond motifs is 1. The Morgan fingerprint density at radius 3 is 2.88 bits per heavy atom. The summed E-state index contributed by atoms with van der Waals surface area (Å²) in [6.45, 7) is 5.27. The van der Waals surface area contributed by atoms with Crippen LogP contribution in [0.3, 0.4) is 0 Å². The van der Waals surface area contributed by atoms with Crippen molar-refractivity contribution >= 4 is 11.8 Å². The number of hydrogen-bond acceptors (Lipinski definition) is 3. The fourth-order valence-corrected chi connectivity index (χ4v) is 3.19. The van der Waals surface area contributed by atoms with Gasteiger partial charge in [-0.3, -0.25) is 0 Å². The molecule has 0 amide bonds. The highest BCUT2D eigenvalue weighted by Gasteiger charge is 2.22. The third-order valence-corrected chi connectivity index (χ3v) is 3.96. The number of benzene rings is 1. The van der Waals surface area contributed by atoms with Crippen LogP contribution in [0, 0.1) is 0 Å². The molecule has 0 saturated carbocycles. The van der Waals surface area contributed by atoms with Gasteiger partial charge in [0.2, 0.25) is 0 Å². The summed E-state index contributed by atoms with van der Waals surface area (Å²) in [6.07, 6.45) is 1.14. The van der Waals surface area contributed by atoms with E-state index in [-0.39, 0.29) is 0 Å². The van der Waals surface area contributed by atoms with Gasteiger partial charge in [-0.25, -0.2) is 0 Å². The molecule has 1 atom stereocenters. The summed E-state index contributed by atoms with van der Waals surface area (Å²) in [5.74, 6) is 0. The van der Waals surface area contributed by atoms with Crippen molar-refractivity contribution in [1.82, 2.24) is 5.32 Å². The van der Waals surface area contributed by atoms with Gasteiger partial charge in [-0.2, -0.15) is 0 Å². The Labute approximate surface area is 101 Å². The van der Waals surface area contributed by atoms with E-state index in [1.807, 2.05) is 25.6 Å². The van der Waals surface area contributed by atoms with Gasteiger partial charge in [0.1, 0.15) is 0 Å². The number of thioether (sulfide) groups is 1. The number of nitrogens with one attached hydrogen (secondary N) is 1. The van der Waals surface area contributed by atoms with Crippen LogP contribution < -0.4 is 5.32 Å². The maximum Gasteiger partial charge on any atom is 0.0715 e. The van der Waals surface area contributed by atoms with E-state index >= 15 is 0 Å². The Morgan fingerprint density at radius 1 is 1.44 bits per heavy atom. The molecule has 16 heavy (non-hydrogen) atoms. The molecule has 2 N–H and O–H groups in total. The van der Waals surface area contributed by atoms with Crippen LogP contribution in [0.4, 0.5) is 0 Å². The summed E-state index contributed by atoms with van der Waals surface area (Å²) in [4.78, 5) is 1.41. The van der Waals surface area contributed by atoms with E-state index in [9.17, 15) is 5.11 Å². The molecule has 1 aromatic carbocycles. The molecule has 0 saturated heterocycles. The molecular weight excluding hydrogens is 218 g/mol. The molecule has 2 nitrogen and oxygen atoms in total. The standard InChI is InChI=1S/C13H19NOS/c1-13(2,15)9-14-8-11-7-10-5-3-4-6-12(10)16-11/h3-6,11,14-15H,7-9H2,1-2H3. The monoisotopic (exact) mass is 237 g/mol. The molecule has 1 aliphatic heterocycles. The second kappa shape index (κ2) is 4.78. The van der Waals surface area contributed by atoms with Crippen LogP contribution >= 0.6 is 11.8 Å². The maximum absolute atomic E-state index is 9.60. The Balaban J connectivity index is 1.79. The zero-order valence-corrected chi connectivity index (χ0v) is 10.7. The third-order valence-electron chi connectivity index (χ3n) is 2.64. The van der Waals surface area contributed by atoms with Crippen LogP contribution in [0.15, 0.2) is 29.2 Å². The molecule has 0 bridgehead atoms. The van der Waals surface area contributed by atoms with E-state index in [4.69, 9.17) is 0 Å². The van der Waals surface area contributed by atoms with Crippen molar-refractivity contribution in [2.45, 2.75) is 36.0 Å². The Bertz CT molecular complexity index is 334. The zero-order chi connectivity index (χ0) is 11.6. The summed E-state index contributed by atoms with van der Waals surface area (Å²) in [6, 6.07) is 8.60. The lowest BCUT2D eigenvalue weighted by molar-refractivity contribution is 0.0801. The molecule has 0 aliphatic carbocycles. The molecule has 88 valence electrons. The average Bonchev–Trinajstić information content (AvgIpc) is 2.57. The van der Waals surface area contributed by atoms with Crippen molar-refractivity contribution < 1.29 is 5.11 Å². The number of hydrogen-bond donors (Lipinski definition) is 2. The third kappa shape index (κ3) is 3.24.